The fraction of sp³-hybridized carbons (Fsp3) is 0.455. The number of benzene rings is 1. The van der Waals surface area contributed by atoms with Gasteiger partial charge in [-0.1, -0.05) is 0 Å². The summed E-state index contributed by atoms with van der Waals surface area (Å²) in [5.74, 6) is 1.58. The first-order valence-corrected chi connectivity index (χ1v) is 5.79. The number of aryl methyl sites for hydroxylation is 1. The van der Waals surface area contributed by atoms with Crippen LogP contribution in [0.5, 0.6) is 11.5 Å². The van der Waals surface area contributed by atoms with E-state index in [1.54, 1.807) is 0 Å². The Morgan fingerprint density at radius 3 is 2.87 bits per heavy atom. The van der Waals surface area contributed by atoms with E-state index < -0.39 is 0 Å². The highest BCUT2D eigenvalue weighted by molar-refractivity contribution is 9.10. The molecule has 0 saturated carbocycles. The number of hydrogen-bond acceptors (Lipinski definition) is 3. The summed E-state index contributed by atoms with van der Waals surface area (Å²) in [5.41, 5.74) is 1.15. The Kier molecular flexibility index (Phi) is 3.49. The SMILES string of the molecule is OCCCc1cc(Br)c2c(c1)OCCO2. The van der Waals surface area contributed by atoms with Gasteiger partial charge in [-0.15, -0.1) is 0 Å². The maximum atomic E-state index is 8.77. The van der Waals surface area contributed by atoms with Crippen molar-refractivity contribution in [1.29, 1.82) is 0 Å². The van der Waals surface area contributed by atoms with Crippen molar-refractivity contribution < 1.29 is 14.6 Å². The van der Waals surface area contributed by atoms with E-state index in [0.29, 0.717) is 13.2 Å². The Bertz CT molecular complexity index is 352. The van der Waals surface area contributed by atoms with Crippen LogP contribution in [0.3, 0.4) is 0 Å². The molecule has 0 amide bonds. The highest BCUT2D eigenvalue weighted by Gasteiger charge is 2.15. The van der Waals surface area contributed by atoms with Crippen LogP contribution in [-0.4, -0.2) is 24.9 Å². The van der Waals surface area contributed by atoms with Gasteiger partial charge < -0.3 is 14.6 Å². The number of ether oxygens (including phenoxy) is 2. The molecule has 15 heavy (non-hydrogen) atoms. The largest absolute Gasteiger partial charge is 0.486 e. The lowest BCUT2D eigenvalue weighted by atomic mass is 10.1. The summed E-state index contributed by atoms with van der Waals surface area (Å²) in [4.78, 5) is 0. The van der Waals surface area contributed by atoms with E-state index in [4.69, 9.17) is 14.6 Å². The second-order valence-electron chi connectivity index (χ2n) is 3.43. The van der Waals surface area contributed by atoms with E-state index in [9.17, 15) is 0 Å². The molecule has 0 radical (unpaired) electrons. The zero-order chi connectivity index (χ0) is 10.7. The lowest BCUT2D eigenvalue weighted by Crippen LogP contribution is -2.15. The molecular formula is C11H13BrO3. The van der Waals surface area contributed by atoms with Gasteiger partial charge in [0, 0.05) is 6.61 Å². The molecule has 82 valence electrons. The Morgan fingerprint density at radius 2 is 2.07 bits per heavy atom. The highest BCUT2D eigenvalue weighted by atomic mass is 79.9. The van der Waals surface area contributed by atoms with E-state index in [0.717, 1.165) is 34.4 Å². The molecule has 3 nitrogen and oxygen atoms in total. The Balaban J connectivity index is 2.24. The maximum Gasteiger partial charge on any atom is 0.175 e. The maximum absolute atomic E-state index is 8.77. The number of rotatable bonds is 3. The molecule has 1 heterocycles. The Labute approximate surface area is 97.1 Å². The second-order valence-corrected chi connectivity index (χ2v) is 4.28. The summed E-state index contributed by atoms with van der Waals surface area (Å²) in [6.07, 6.45) is 1.62. The van der Waals surface area contributed by atoms with Gasteiger partial charge in [0.25, 0.3) is 0 Å². The molecule has 4 heteroatoms. The molecule has 2 rings (SSSR count). The van der Waals surface area contributed by atoms with Gasteiger partial charge in [-0.05, 0) is 46.5 Å². The van der Waals surface area contributed by atoms with E-state index >= 15 is 0 Å². The van der Waals surface area contributed by atoms with Crippen molar-refractivity contribution in [1.82, 2.24) is 0 Å². The van der Waals surface area contributed by atoms with Crippen LogP contribution in [0.25, 0.3) is 0 Å². The predicted octanol–water partition coefficient (Wildman–Crippen LogP) is 2.15. The normalized spacial score (nSPS) is 14.0. The van der Waals surface area contributed by atoms with Gasteiger partial charge in [0.1, 0.15) is 13.2 Å². The Morgan fingerprint density at radius 1 is 1.27 bits per heavy atom. The monoisotopic (exact) mass is 272 g/mol. The van der Waals surface area contributed by atoms with Crippen LogP contribution in [0.4, 0.5) is 0 Å². The minimum atomic E-state index is 0.214. The zero-order valence-corrected chi connectivity index (χ0v) is 9.92. The van der Waals surface area contributed by atoms with Gasteiger partial charge >= 0.3 is 0 Å². The zero-order valence-electron chi connectivity index (χ0n) is 8.33. The summed E-state index contributed by atoms with van der Waals surface area (Å²) in [6, 6.07) is 4.00. The molecule has 0 saturated heterocycles. The Hall–Kier alpha value is -0.740. The number of aliphatic hydroxyl groups excluding tert-OH is 1. The molecule has 0 aliphatic carbocycles. The van der Waals surface area contributed by atoms with Gasteiger partial charge in [-0.25, -0.2) is 0 Å². The molecule has 0 aromatic heterocycles. The molecule has 0 bridgehead atoms. The van der Waals surface area contributed by atoms with Crippen LogP contribution in [-0.2, 0) is 6.42 Å². The summed E-state index contributed by atoms with van der Waals surface area (Å²) >= 11 is 3.46. The van der Waals surface area contributed by atoms with Crippen molar-refractivity contribution in [2.24, 2.45) is 0 Å². The van der Waals surface area contributed by atoms with Crippen molar-refractivity contribution in [3.05, 3.63) is 22.2 Å². The molecule has 1 N–H and O–H groups in total. The minimum absolute atomic E-state index is 0.214. The van der Waals surface area contributed by atoms with E-state index in [1.165, 1.54) is 0 Å². The van der Waals surface area contributed by atoms with E-state index in [2.05, 4.69) is 15.9 Å². The molecule has 1 aliphatic rings. The summed E-state index contributed by atoms with van der Waals surface area (Å²) < 4.78 is 11.9. The summed E-state index contributed by atoms with van der Waals surface area (Å²) in [5, 5.41) is 8.77. The van der Waals surface area contributed by atoms with E-state index in [-0.39, 0.29) is 6.61 Å². The number of aliphatic hydroxyl groups is 1. The van der Waals surface area contributed by atoms with E-state index in [1.807, 2.05) is 12.1 Å². The number of hydrogen-bond donors (Lipinski definition) is 1. The van der Waals surface area contributed by atoms with Gasteiger partial charge in [0.05, 0.1) is 4.47 Å². The average molecular weight is 273 g/mol. The molecular weight excluding hydrogens is 260 g/mol. The summed E-state index contributed by atoms with van der Waals surface area (Å²) in [7, 11) is 0. The first-order valence-electron chi connectivity index (χ1n) is 5.00. The average Bonchev–Trinajstić information content (AvgIpc) is 2.26. The third-order valence-corrected chi connectivity index (χ3v) is 2.87. The van der Waals surface area contributed by atoms with Gasteiger partial charge in [0.2, 0.25) is 0 Å². The molecule has 0 fully saturated rings. The smallest absolute Gasteiger partial charge is 0.175 e. The highest BCUT2D eigenvalue weighted by Crippen LogP contribution is 2.38. The fourth-order valence-electron chi connectivity index (χ4n) is 1.59. The standard InChI is InChI=1S/C11H13BrO3/c12-9-6-8(2-1-3-13)7-10-11(9)15-5-4-14-10/h6-7,13H,1-5H2. The van der Waals surface area contributed by atoms with Crippen LogP contribution in [0.2, 0.25) is 0 Å². The molecule has 0 atom stereocenters. The molecule has 0 unspecified atom stereocenters. The van der Waals surface area contributed by atoms with Crippen molar-refractivity contribution >= 4 is 15.9 Å². The van der Waals surface area contributed by atoms with Gasteiger partial charge in [0.15, 0.2) is 11.5 Å². The fourth-order valence-corrected chi connectivity index (χ4v) is 2.20. The van der Waals surface area contributed by atoms with Crippen molar-refractivity contribution in [3.8, 4) is 11.5 Å². The first kappa shape index (κ1) is 10.8. The third kappa shape index (κ3) is 2.44. The van der Waals surface area contributed by atoms with Crippen LogP contribution in [0.1, 0.15) is 12.0 Å². The summed E-state index contributed by atoms with van der Waals surface area (Å²) in [6.45, 7) is 1.41. The van der Waals surface area contributed by atoms with Crippen molar-refractivity contribution in [2.45, 2.75) is 12.8 Å². The quantitative estimate of drug-likeness (QED) is 0.917. The minimum Gasteiger partial charge on any atom is -0.486 e. The lowest BCUT2D eigenvalue weighted by molar-refractivity contribution is 0.170. The van der Waals surface area contributed by atoms with Gasteiger partial charge in [-0.2, -0.15) is 0 Å². The van der Waals surface area contributed by atoms with Crippen LogP contribution in [0, 0.1) is 0 Å². The molecule has 1 aromatic carbocycles. The van der Waals surface area contributed by atoms with Gasteiger partial charge in [-0.3, -0.25) is 0 Å². The third-order valence-electron chi connectivity index (χ3n) is 2.28. The predicted molar refractivity (Wildman–Crippen MR) is 60.5 cm³/mol. The first-order chi connectivity index (χ1) is 7.31. The van der Waals surface area contributed by atoms with Crippen LogP contribution >= 0.6 is 15.9 Å². The van der Waals surface area contributed by atoms with Crippen molar-refractivity contribution in [3.63, 3.8) is 0 Å². The van der Waals surface area contributed by atoms with Crippen molar-refractivity contribution in [2.75, 3.05) is 19.8 Å². The number of halogens is 1. The molecule has 1 aromatic rings. The van der Waals surface area contributed by atoms with Crippen LogP contribution < -0.4 is 9.47 Å². The number of fused-ring (bicyclic) bond motifs is 1. The lowest BCUT2D eigenvalue weighted by Gasteiger charge is -2.20. The molecule has 1 aliphatic heterocycles. The second kappa shape index (κ2) is 4.86. The topological polar surface area (TPSA) is 38.7 Å². The molecule has 0 spiro atoms. The van der Waals surface area contributed by atoms with Crippen LogP contribution in [0.15, 0.2) is 16.6 Å².